The molecule has 1 amide bonds. The molecule has 0 aliphatic rings. The third-order valence-corrected chi connectivity index (χ3v) is 3.49. The van der Waals surface area contributed by atoms with E-state index in [2.05, 4.69) is 5.32 Å². The van der Waals surface area contributed by atoms with Gasteiger partial charge in [0, 0.05) is 6.04 Å². The molecule has 2 aromatic carbocycles. The summed E-state index contributed by atoms with van der Waals surface area (Å²) in [5.74, 6) is -0.984. The van der Waals surface area contributed by atoms with E-state index in [0.717, 1.165) is 0 Å². The molecule has 0 bridgehead atoms. The van der Waals surface area contributed by atoms with Gasteiger partial charge in [-0.05, 0) is 48.7 Å². The van der Waals surface area contributed by atoms with E-state index in [9.17, 15) is 18.7 Å². The zero-order chi connectivity index (χ0) is 16.8. The van der Waals surface area contributed by atoms with Crippen LogP contribution in [0.1, 0.15) is 30.6 Å². The molecule has 0 heterocycles. The molecule has 0 aliphatic heterocycles. The van der Waals surface area contributed by atoms with Gasteiger partial charge < -0.3 is 10.4 Å². The predicted molar refractivity (Wildman–Crippen MR) is 83.7 cm³/mol. The summed E-state index contributed by atoms with van der Waals surface area (Å²) in [6, 6.07) is 11.2. The van der Waals surface area contributed by atoms with Gasteiger partial charge in [-0.15, -0.1) is 0 Å². The van der Waals surface area contributed by atoms with E-state index in [1.54, 1.807) is 19.1 Å². The van der Waals surface area contributed by atoms with E-state index in [1.165, 1.54) is 36.4 Å². The normalized spacial score (nSPS) is 13.4. The number of aliphatic hydroxyl groups excluding tert-OH is 1. The summed E-state index contributed by atoms with van der Waals surface area (Å²) in [4.78, 5) is 11.9. The Morgan fingerprint density at radius 2 is 1.83 bits per heavy atom. The number of benzene rings is 2. The molecule has 122 valence electrons. The monoisotopic (exact) mass is 319 g/mol. The molecule has 0 aromatic heterocycles. The first-order valence-corrected chi connectivity index (χ1v) is 7.41. The molecule has 0 saturated carbocycles. The highest BCUT2D eigenvalue weighted by atomic mass is 19.1. The lowest BCUT2D eigenvalue weighted by molar-refractivity contribution is -0.121. The third kappa shape index (κ3) is 5.45. The topological polar surface area (TPSA) is 49.3 Å². The number of nitrogens with one attached hydrogen (secondary N) is 1. The largest absolute Gasteiger partial charge is 0.388 e. The first-order valence-electron chi connectivity index (χ1n) is 7.41. The van der Waals surface area contributed by atoms with Crippen LogP contribution in [0.15, 0.2) is 48.5 Å². The summed E-state index contributed by atoms with van der Waals surface area (Å²) < 4.78 is 25.9. The number of hydrogen-bond acceptors (Lipinski definition) is 2. The molecule has 0 aliphatic carbocycles. The molecule has 2 aromatic rings. The number of hydrogen-bond donors (Lipinski definition) is 2. The second-order valence-corrected chi connectivity index (χ2v) is 5.58. The highest BCUT2D eigenvalue weighted by Gasteiger charge is 2.15. The summed E-state index contributed by atoms with van der Waals surface area (Å²) in [6.45, 7) is 1.77. The minimum atomic E-state index is -0.792. The second-order valence-electron chi connectivity index (χ2n) is 5.58. The van der Waals surface area contributed by atoms with E-state index in [4.69, 9.17) is 0 Å². The lowest BCUT2D eigenvalue weighted by Gasteiger charge is -2.18. The van der Waals surface area contributed by atoms with Crippen LogP contribution in [0, 0.1) is 11.6 Å². The van der Waals surface area contributed by atoms with Crippen LogP contribution in [0.4, 0.5) is 8.78 Å². The molecule has 3 nitrogen and oxygen atoms in total. The zero-order valence-electron chi connectivity index (χ0n) is 12.8. The number of rotatable bonds is 6. The van der Waals surface area contributed by atoms with E-state index < -0.39 is 6.10 Å². The molecule has 2 atom stereocenters. The molecule has 0 spiro atoms. The average molecular weight is 319 g/mol. The van der Waals surface area contributed by atoms with E-state index in [0.29, 0.717) is 17.5 Å². The van der Waals surface area contributed by atoms with Gasteiger partial charge in [-0.3, -0.25) is 4.79 Å². The maximum atomic E-state index is 13.1. The fraction of sp³-hybridized carbons (Fsp3) is 0.278. The average Bonchev–Trinajstić information content (AvgIpc) is 2.47. The first kappa shape index (κ1) is 17.1. The van der Waals surface area contributed by atoms with Crippen molar-refractivity contribution in [3.8, 4) is 0 Å². The van der Waals surface area contributed by atoms with Crippen LogP contribution in [0.3, 0.4) is 0 Å². The van der Waals surface area contributed by atoms with Gasteiger partial charge in [0.25, 0.3) is 0 Å². The van der Waals surface area contributed by atoms with Crippen molar-refractivity contribution in [2.75, 3.05) is 0 Å². The maximum Gasteiger partial charge on any atom is 0.224 e. The van der Waals surface area contributed by atoms with E-state index in [1.807, 2.05) is 0 Å². The maximum absolute atomic E-state index is 13.1. The number of carbonyl (C=O) groups excluding carboxylic acids is 1. The van der Waals surface area contributed by atoms with Crippen molar-refractivity contribution in [1.82, 2.24) is 5.32 Å². The van der Waals surface area contributed by atoms with E-state index >= 15 is 0 Å². The smallest absolute Gasteiger partial charge is 0.224 e. The molecule has 2 rings (SSSR count). The van der Waals surface area contributed by atoms with Gasteiger partial charge in [0.2, 0.25) is 5.91 Å². The van der Waals surface area contributed by atoms with Crippen molar-refractivity contribution in [3.63, 3.8) is 0 Å². The Morgan fingerprint density at radius 1 is 1.13 bits per heavy atom. The van der Waals surface area contributed by atoms with Crippen molar-refractivity contribution in [2.45, 2.75) is 31.9 Å². The highest BCUT2D eigenvalue weighted by Crippen LogP contribution is 2.18. The Morgan fingerprint density at radius 3 is 2.48 bits per heavy atom. The van der Waals surface area contributed by atoms with Crippen LogP contribution in [-0.2, 0) is 11.2 Å². The Kier molecular flexibility index (Phi) is 5.82. The number of carbonyl (C=O) groups is 1. The van der Waals surface area contributed by atoms with Crippen LogP contribution in [-0.4, -0.2) is 17.1 Å². The minimum absolute atomic E-state index is 0.0781. The fourth-order valence-electron chi connectivity index (χ4n) is 2.37. The number of amides is 1. The standard InChI is InChI=1S/C18H19F2NO2/c1-12(9-17(22)14-5-7-15(19)8-6-14)21-18(23)11-13-3-2-4-16(20)10-13/h2-8,10,12,17,22H,9,11H2,1H3,(H,21,23). The van der Waals surface area contributed by atoms with Gasteiger partial charge in [0.15, 0.2) is 0 Å². The summed E-state index contributed by atoms with van der Waals surface area (Å²) in [5.41, 5.74) is 1.19. The minimum Gasteiger partial charge on any atom is -0.388 e. The Hall–Kier alpha value is -2.27. The lowest BCUT2D eigenvalue weighted by atomic mass is 10.0. The molecule has 0 saturated heterocycles. The Balaban J connectivity index is 1.85. The SMILES string of the molecule is CC(CC(O)c1ccc(F)cc1)NC(=O)Cc1cccc(F)c1. The van der Waals surface area contributed by atoms with Gasteiger partial charge in [-0.25, -0.2) is 8.78 Å². The van der Waals surface area contributed by atoms with Crippen LogP contribution in [0.5, 0.6) is 0 Å². The Labute approximate surface area is 134 Å². The Bertz CT molecular complexity index is 658. The summed E-state index contributed by atoms with van der Waals surface area (Å²) in [5, 5.41) is 12.9. The van der Waals surface area contributed by atoms with Crippen LogP contribution < -0.4 is 5.32 Å². The van der Waals surface area contributed by atoms with E-state index in [-0.39, 0.29) is 30.0 Å². The van der Waals surface area contributed by atoms with Crippen molar-refractivity contribution >= 4 is 5.91 Å². The molecule has 2 unspecified atom stereocenters. The molecular formula is C18H19F2NO2. The van der Waals surface area contributed by atoms with Gasteiger partial charge in [-0.2, -0.15) is 0 Å². The summed E-state index contributed by atoms with van der Waals surface area (Å²) >= 11 is 0. The second kappa shape index (κ2) is 7.83. The lowest BCUT2D eigenvalue weighted by Crippen LogP contribution is -2.34. The van der Waals surface area contributed by atoms with Crippen LogP contribution >= 0.6 is 0 Å². The van der Waals surface area contributed by atoms with Crippen molar-refractivity contribution < 1.29 is 18.7 Å². The molecule has 0 radical (unpaired) electrons. The van der Waals surface area contributed by atoms with Crippen molar-refractivity contribution in [3.05, 3.63) is 71.3 Å². The van der Waals surface area contributed by atoms with Crippen LogP contribution in [0.2, 0.25) is 0 Å². The zero-order valence-corrected chi connectivity index (χ0v) is 12.8. The fourth-order valence-corrected chi connectivity index (χ4v) is 2.37. The summed E-state index contributed by atoms with van der Waals surface area (Å²) in [6.07, 6.45) is -0.407. The molecule has 0 fully saturated rings. The molecule has 23 heavy (non-hydrogen) atoms. The first-order chi connectivity index (χ1) is 10.9. The third-order valence-electron chi connectivity index (χ3n) is 3.49. The van der Waals surface area contributed by atoms with Gasteiger partial charge in [0.05, 0.1) is 12.5 Å². The highest BCUT2D eigenvalue weighted by molar-refractivity contribution is 5.78. The predicted octanol–water partition coefficient (Wildman–Crippen LogP) is 3.14. The van der Waals surface area contributed by atoms with Crippen molar-refractivity contribution in [2.24, 2.45) is 0 Å². The van der Waals surface area contributed by atoms with Crippen molar-refractivity contribution in [1.29, 1.82) is 0 Å². The molecule has 5 heteroatoms. The van der Waals surface area contributed by atoms with Gasteiger partial charge in [-0.1, -0.05) is 24.3 Å². The molecule has 2 N–H and O–H groups in total. The van der Waals surface area contributed by atoms with Gasteiger partial charge in [0.1, 0.15) is 11.6 Å². The van der Waals surface area contributed by atoms with Gasteiger partial charge >= 0.3 is 0 Å². The van der Waals surface area contributed by atoms with Crippen LogP contribution in [0.25, 0.3) is 0 Å². The number of aliphatic hydroxyl groups is 1. The quantitative estimate of drug-likeness (QED) is 0.859. The molecular weight excluding hydrogens is 300 g/mol. The number of halogens is 2. The summed E-state index contributed by atoms with van der Waals surface area (Å²) in [7, 11) is 0.